The van der Waals surface area contributed by atoms with Gasteiger partial charge in [0.15, 0.2) is 0 Å². The summed E-state index contributed by atoms with van der Waals surface area (Å²) < 4.78 is 26.6. The molecule has 1 heterocycles. The maximum absolute atomic E-state index is 12.1. The van der Waals surface area contributed by atoms with Crippen molar-refractivity contribution in [3.8, 4) is 6.07 Å². The van der Waals surface area contributed by atoms with Gasteiger partial charge in [0, 0.05) is 6.20 Å². The topological polar surface area (TPSA) is 122 Å². The van der Waals surface area contributed by atoms with Crippen LogP contribution in [0.2, 0.25) is 0 Å². The Labute approximate surface area is 116 Å². The molecule has 0 saturated heterocycles. The first-order valence-electron chi connectivity index (χ1n) is 5.59. The largest absolute Gasteiger partial charge is 0.398 e. The highest BCUT2D eigenvalue weighted by molar-refractivity contribution is 7.89. The predicted molar refractivity (Wildman–Crippen MR) is 71.6 cm³/mol. The fourth-order valence-corrected chi connectivity index (χ4v) is 2.65. The van der Waals surface area contributed by atoms with Crippen LogP contribution in [0.25, 0.3) is 0 Å². The number of sulfonamides is 1. The second-order valence-corrected chi connectivity index (χ2v) is 5.64. The molecule has 0 aliphatic rings. The molecular formula is C12H11N5O2S. The van der Waals surface area contributed by atoms with Gasteiger partial charge in [-0.3, -0.25) is 0 Å². The van der Waals surface area contributed by atoms with E-state index >= 15 is 0 Å². The Morgan fingerprint density at radius 2 is 2.15 bits per heavy atom. The van der Waals surface area contributed by atoms with E-state index in [1.54, 1.807) is 12.1 Å². The first kappa shape index (κ1) is 13.9. The van der Waals surface area contributed by atoms with Gasteiger partial charge in [0.2, 0.25) is 10.0 Å². The van der Waals surface area contributed by atoms with Crippen molar-refractivity contribution < 1.29 is 8.42 Å². The maximum Gasteiger partial charge on any atom is 0.242 e. The second kappa shape index (κ2) is 5.64. The van der Waals surface area contributed by atoms with Gasteiger partial charge in [-0.1, -0.05) is 0 Å². The lowest BCUT2D eigenvalue weighted by molar-refractivity contribution is 0.580. The lowest BCUT2D eigenvalue weighted by Crippen LogP contribution is -2.24. The van der Waals surface area contributed by atoms with Gasteiger partial charge in [-0.15, -0.1) is 0 Å². The predicted octanol–water partition coefficient (Wildman–Crippen LogP) is 0.409. The normalized spacial score (nSPS) is 10.9. The Morgan fingerprint density at radius 1 is 1.35 bits per heavy atom. The quantitative estimate of drug-likeness (QED) is 0.786. The molecule has 7 nitrogen and oxygen atoms in total. The average molecular weight is 289 g/mol. The lowest BCUT2D eigenvalue weighted by atomic mass is 10.2. The minimum atomic E-state index is -3.77. The monoisotopic (exact) mass is 289 g/mol. The van der Waals surface area contributed by atoms with Gasteiger partial charge in [-0.05, 0) is 30.3 Å². The van der Waals surface area contributed by atoms with Crippen LogP contribution in [-0.2, 0) is 16.6 Å². The molecule has 0 fully saturated rings. The fourth-order valence-electron chi connectivity index (χ4n) is 1.54. The molecule has 2 rings (SSSR count). The summed E-state index contributed by atoms with van der Waals surface area (Å²) in [6, 6.07) is 9.21. The molecule has 1 aromatic carbocycles. The Morgan fingerprint density at radius 3 is 2.75 bits per heavy atom. The summed E-state index contributed by atoms with van der Waals surface area (Å²) in [5.41, 5.74) is 6.47. The number of rotatable bonds is 4. The summed E-state index contributed by atoms with van der Waals surface area (Å²) in [5, 5.41) is 16.1. The third-order valence-corrected chi connectivity index (χ3v) is 3.97. The zero-order valence-corrected chi connectivity index (χ0v) is 11.1. The van der Waals surface area contributed by atoms with E-state index in [0.717, 1.165) is 0 Å². The van der Waals surface area contributed by atoms with Gasteiger partial charge < -0.3 is 5.73 Å². The first-order valence-corrected chi connectivity index (χ1v) is 7.07. The Balaban J connectivity index is 2.21. The van der Waals surface area contributed by atoms with Gasteiger partial charge in [0.05, 0.1) is 29.6 Å². The summed E-state index contributed by atoms with van der Waals surface area (Å²) in [6.45, 7) is 0.00954. The molecule has 1 aromatic heterocycles. The molecule has 0 radical (unpaired) electrons. The zero-order chi connectivity index (χ0) is 14.6. The summed E-state index contributed by atoms with van der Waals surface area (Å²) in [5.74, 6) is 0. The summed E-state index contributed by atoms with van der Waals surface area (Å²) in [7, 11) is -3.77. The molecule has 102 valence electrons. The minimum absolute atomic E-state index is 0.00954. The standard InChI is InChI=1S/C12H11N5O2S/c13-7-9-3-4-12(11(14)6-9)20(18,19)16-8-10-2-1-5-15-17-10/h1-6,16H,8,14H2. The van der Waals surface area contributed by atoms with E-state index in [0.29, 0.717) is 11.3 Å². The van der Waals surface area contributed by atoms with Crippen molar-refractivity contribution in [1.82, 2.24) is 14.9 Å². The van der Waals surface area contributed by atoms with Crippen LogP contribution in [0, 0.1) is 11.3 Å². The van der Waals surface area contributed by atoms with Gasteiger partial charge >= 0.3 is 0 Å². The SMILES string of the molecule is N#Cc1ccc(S(=O)(=O)NCc2cccnn2)c(N)c1. The van der Waals surface area contributed by atoms with Crippen molar-refractivity contribution >= 4 is 15.7 Å². The number of hydrogen-bond donors (Lipinski definition) is 2. The van der Waals surface area contributed by atoms with Gasteiger partial charge in [-0.2, -0.15) is 15.5 Å². The van der Waals surface area contributed by atoms with E-state index in [1.807, 2.05) is 6.07 Å². The van der Waals surface area contributed by atoms with Crippen LogP contribution >= 0.6 is 0 Å². The van der Waals surface area contributed by atoms with Crippen molar-refractivity contribution in [1.29, 1.82) is 5.26 Å². The minimum Gasteiger partial charge on any atom is -0.398 e. The number of benzene rings is 1. The number of nitriles is 1. The molecule has 0 aliphatic heterocycles. The lowest BCUT2D eigenvalue weighted by Gasteiger charge is -2.08. The molecule has 0 amide bonds. The van der Waals surface area contributed by atoms with Crippen LogP contribution in [0.15, 0.2) is 41.4 Å². The van der Waals surface area contributed by atoms with Crippen molar-refractivity contribution in [2.75, 3.05) is 5.73 Å². The maximum atomic E-state index is 12.1. The van der Waals surface area contributed by atoms with Crippen molar-refractivity contribution in [3.05, 3.63) is 47.8 Å². The molecule has 0 bridgehead atoms. The van der Waals surface area contributed by atoms with Crippen LogP contribution in [0.1, 0.15) is 11.3 Å². The van der Waals surface area contributed by atoms with Crippen LogP contribution < -0.4 is 10.5 Å². The van der Waals surface area contributed by atoms with Gasteiger partial charge in [-0.25, -0.2) is 13.1 Å². The summed E-state index contributed by atoms with van der Waals surface area (Å²) >= 11 is 0. The van der Waals surface area contributed by atoms with E-state index in [9.17, 15) is 8.42 Å². The van der Waals surface area contributed by atoms with Gasteiger partial charge in [0.1, 0.15) is 4.90 Å². The third-order valence-electron chi connectivity index (χ3n) is 2.50. The highest BCUT2D eigenvalue weighted by atomic mass is 32.2. The molecule has 8 heteroatoms. The number of nitrogen functional groups attached to an aromatic ring is 1. The Kier molecular flexibility index (Phi) is 3.93. The van der Waals surface area contributed by atoms with Crippen molar-refractivity contribution in [2.24, 2.45) is 0 Å². The van der Waals surface area contributed by atoms with Gasteiger partial charge in [0.25, 0.3) is 0 Å². The summed E-state index contributed by atoms with van der Waals surface area (Å²) in [6.07, 6.45) is 1.50. The number of nitrogens with zero attached hydrogens (tertiary/aromatic N) is 3. The molecule has 20 heavy (non-hydrogen) atoms. The van der Waals surface area contributed by atoms with E-state index in [4.69, 9.17) is 11.0 Å². The molecule has 2 aromatic rings. The second-order valence-electron chi connectivity index (χ2n) is 3.90. The molecule has 0 saturated carbocycles. The van der Waals surface area contributed by atoms with Crippen molar-refractivity contribution in [2.45, 2.75) is 11.4 Å². The van der Waals surface area contributed by atoms with Crippen LogP contribution in [-0.4, -0.2) is 18.6 Å². The van der Waals surface area contributed by atoms with E-state index in [-0.39, 0.29) is 17.1 Å². The molecule has 0 unspecified atom stereocenters. The fraction of sp³-hybridized carbons (Fsp3) is 0.0833. The number of nitrogens with two attached hydrogens (primary N) is 1. The molecule has 3 N–H and O–H groups in total. The molecule has 0 aliphatic carbocycles. The number of aromatic nitrogens is 2. The Hall–Kier alpha value is -2.50. The highest BCUT2D eigenvalue weighted by Crippen LogP contribution is 2.19. The van der Waals surface area contributed by atoms with Crippen LogP contribution in [0.4, 0.5) is 5.69 Å². The number of anilines is 1. The Bertz CT molecular complexity index is 753. The number of nitrogens with one attached hydrogen (secondary N) is 1. The molecule has 0 atom stereocenters. The van der Waals surface area contributed by atoms with E-state index in [1.165, 1.54) is 24.4 Å². The van der Waals surface area contributed by atoms with Crippen molar-refractivity contribution in [3.63, 3.8) is 0 Å². The smallest absolute Gasteiger partial charge is 0.242 e. The molecular weight excluding hydrogens is 278 g/mol. The van der Waals surface area contributed by atoms with E-state index < -0.39 is 10.0 Å². The third kappa shape index (κ3) is 3.09. The average Bonchev–Trinajstić information content (AvgIpc) is 2.46. The molecule has 0 spiro atoms. The summed E-state index contributed by atoms with van der Waals surface area (Å²) in [4.78, 5) is -0.0691. The van der Waals surface area contributed by atoms with Crippen LogP contribution in [0.5, 0.6) is 0 Å². The first-order chi connectivity index (χ1) is 9.53. The van der Waals surface area contributed by atoms with E-state index in [2.05, 4.69) is 14.9 Å². The zero-order valence-electron chi connectivity index (χ0n) is 10.3. The highest BCUT2D eigenvalue weighted by Gasteiger charge is 2.17. The van der Waals surface area contributed by atoms with Crippen LogP contribution in [0.3, 0.4) is 0 Å². The number of hydrogen-bond acceptors (Lipinski definition) is 6.